The smallest absolute Gasteiger partial charge is 0.0404 e. The van der Waals surface area contributed by atoms with Crippen molar-refractivity contribution in [3.8, 4) is 0 Å². The minimum atomic E-state index is 0.778. The monoisotopic (exact) mass is 258 g/mol. The van der Waals surface area contributed by atoms with Crippen LogP contribution in [0, 0.1) is 0 Å². The molecule has 0 radical (unpaired) electrons. The topological polar surface area (TPSA) is 15.3 Å². The van der Waals surface area contributed by atoms with Crippen molar-refractivity contribution < 1.29 is 0 Å². The molecular formula is C17H26N2. The Kier molecular flexibility index (Phi) is 4.07. The number of benzene rings is 1. The molecular weight excluding hydrogens is 232 g/mol. The van der Waals surface area contributed by atoms with Gasteiger partial charge >= 0.3 is 0 Å². The zero-order valence-corrected chi connectivity index (χ0v) is 12.1. The van der Waals surface area contributed by atoms with Gasteiger partial charge in [-0.1, -0.05) is 31.4 Å². The van der Waals surface area contributed by atoms with E-state index < -0.39 is 0 Å². The third kappa shape index (κ3) is 2.64. The third-order valence-corrected chi connectivity index (χ3v) is 4.78. The maximum absolute atomic E-state index is 3.49. The summed E-state index contributed by atoms with van der Waals surface area (Å²) in [5.74, 6) is 0. The van der Waals surface area contributed by atoms with E-state index in [1.807, 2.05) is 0 Å². The molecule has 1 aromatic carbocycles. The van der Waals surface area contributed by atoms with Gasteiger partial charge in [0.2, 0.25) is 0 Å². The molecule has 0 spiro atoms. The lowest BCUT2D eigenvalue weighted by molar-refractivity contribution is 0.417. The first-order valence-electron chi connectivity index (χ1n) is 7.98. The van der Waals surface area contributed by atoms with Gasteiger partial charge in [0.05, 0.1) is 0 Å². The zero-order valence-electron chi connectivity index (χ0n) is 12.1. The van der Waals surface area contributed by atoms with Crippen LogP contribution in [0.15, 0.2) is 18.2 Å². The molecule has 0 aromatic heterocycles. The molecule has 1 heterocycles. The Hall–Kier alpha value is -1.02. The third-order valence-electron chi connectivity index (χ3n) is 4.78. The van der Waals surface area contributed by atoms with Crippen LogP contribution in [0.25, 0.3) is 0 Å². The minimum absolute atomic E-state index is 0.778. The van der Waals surface area contributed by atoms with E-state index in [9.17, 15) is 0 Å². The molecule has 3 rings (SSSR count). The largest absolute Gasteiger partial charge is 0.369 e. The maximum atomic E-state index is 3.49. The average Bonchev–Trinajstić information content (AvgIpc) is 2.49. The second-order valence-corrected chi connectivity index (χ2v) is 5.92. The van der Waals surface area contributed by atoms with Crippen LogP contribution in [0.2, 0.25) is 0 Å². The van der Waals surface area contributed by atoms with Crippen LogP contribution in [0.3, 0.4) is 0 Å². The molecule has 0 atom stereocenters. The van der Waals surface area contributed by atoms with Crippen molar-refractivity contribution in [3.05, 3.63) is 29.3 Å². The molecule has 0 unspecified atom stereocenters. The Morgan fingerprint density at radius 1 is 1.21 bits per heavy atom. The molecule has 19 heavy (non-hydrogen) atoms. The van der Waals surface area contributed by atoms with Gasteiger partial charge in [0.25, 0.3) is 0 Å². The Labute approximate surface area is 117 Å². The van der Waals surface area contributed by atoms with Crippen LogP contribution in [0.4, 0.5) is 5.69 Å². The zero-order chi connectivity index (χ0) is 13.1. The van der Waals surface area contributed by atoms with Crippen molar-refractivity contribution in [2.45, 2.75) is 58.0 Å². The van der Waals surface area contributed by atoms with Gasteiger partial charge in [-0.25, -0.2) is 0 Å². The van der Waals surface area contributed by atoms with Gasteiger partial charge in [0, 0.05) is 24.8 Å². The van der Waals surface area contributed by atoms with Gasteiger partial charge in [-0.3, -0.25) is 0 Å². The quantitative estimate of drug-likeness (QED) is 0.893. The van der Waals surface area contributed by atoms with Crippen LogP contribution < -0.4 is 10.2 Å². The van der Waals surface area contributed by atoms with E-state index in [2.05, 4.69) is 35.3 Å². The lowest BCUT2D eigenvalue weighted by Crippen LogP contribution is -2.38. The molecule has 1 aliphatic heterocycles. The van der Waals surface area contributed by atoms with Crippen LogP contribution in [-0.2, 0) is 13.0 Å². The summed E-state index contributed by atoms with van der Waals surface area (Å²) in [5.41, 5.74) is 4.64. The van der Waals surface area contributed by atoms with Crippen LogP contribution in [0.5, 0.6) is 0 Å². The van der Waals surface area contributed by atoms with E-state index in [-0.39, 0.29) is 0 Å². The van der Waals surface area contributed by atoms with E-state index in [0.29, 0.717) is 0 Å². The van der Waals surface area contributed by atoms with Crippen molar-refractivity contribution in [2.75, 3.05) is 18.0 Å². The molecule has 2 aliphatic rings. The Bertz CT molecular complexity index is 421. The van der Waals surface area contributed by atoms with Gasteiger partial charge in [0.15, 0.2) is 0 Å². The first-order chi connectivity index (χ1) is 9.40. The predicted octanol–water partition coefficient (Wildman–Crippen LogP) is 3.49. The molecule has 2 heteroatoms. The molecule has 0 amide bonds. The van der Waals surface area contributed by atoms with E-state index in [1.165, 1.54) is 49.8 Å². The first kappa shape index (κ1) is 13.0. The number of nitrogens with one attached hydrogen (secondary N) is 1. The molecule has 104 valence electrons. The summed E-state index contributed by atoms with van der Waals surface area (Å²) in [7, 11) is 0. The van der Waals surface area contributed by atoms with Gasteiger partial charge < -0.3 is 10.2 Å². The van der Waals surface area contributed by atoms with E-state index in [4.69, 9.17) is 0 Å². The second-order valence-electron chi connectivity index (χ2n) is 5.92. The molecule has 1 saturated carbocycles. The number of anilines is 1. The highest BCUT2D eigenvalue weighted by molar-refractivity contribution is 5.58. The highest BCUT2D eigenvalue weighted by Gasteiger charge is 2.23. The second kappa shape index (κ2) is 5.96. The first-order valence-corrected chi connectivity index (χ1v) is 7.98. The summed E-state index contributed by atoms with van der Waals surface area (Å²) < 4.78 is 0. The summed E-state index contributed by atoms with van der Waals surface area (Å²) in [5, 5.41) is 3.49. The average molecular weight is 258 g/mol. The summed E-state index contributed by atoms with van der Waals surface area (Å²) >= 11 is 0. The predicted molar refractivity (Wildman–Crippen MR) is 81.7 cm³/mol. The SMILES string of the molecule is CCN(c1cccc2c1CCNC2)C1CCCCC1. The molecule has 1 aliphatic carbocycles. The maximum Gasteiger partial charge on any atom is 0.0404 e. The molecule has 1 fully saturated rings. The van der Waals surface area contributed by atoms with Gasteiger partial charge in [-0.15, -0.1) is 0 Å². The fourth-order valence-electron chi connectivity index (χ4n) is 3.80. The van der Waals surface area contributed by atoms with Crippen molar-refractivity contribution >= 4 is 5.69 Å². The molecule has 1 aromatic rings. The fourth-order valence-corrected chi connectivity index (χ4v) is 3.80. The van der Waals surface area contributed by atoms with Crippen LogP contribution in [-0.4, -0.2) is 19.1 Å². The molecule has 0 saturated heterocycles. The normalized spacial score (nSPS) is 20.1. The lowest BCUT2D eigenvalue weighted by atomic mass is 9.92. The number of fused-ring (bicyclic) bond motifs is 1. The molecule has 0 bridgehead atoms. The van der Waals surface area contributed by atoms with Crippen molar-refractivity contribution in [1.29, 1.82) is 0 Å². The summed E-state index contributed by atoms with van der Waals surface area (Å²) in [6.07, 6.45) is 8.22. The lowest BCUT2D eigenvalue weighted by Gasteiger charge is -2.37. The Morgan fingerprint density at radius 3 is 2.84 bits per heavy atom. The van der Waals surface area contributed by atoms with Crippen molar-refractivity contribution in [3.63, 3.8) is 0 Å². The fraction of sp³-hybridized carbons (Fsp3) is 0.647. The molecule has 1 N–H and O–H groups in total. The highest BCUT2D eigenvalue weighted by atomic mass is 15.2. The van der Waals surface area contributed by atoms with Gasteiger partial charge in [-0.2, -0.15) is 0 Å². The molecule has 2 nitrogen and oxygen atoms in total. The van der Waals surface area contributed by atoms with E-state index >= 15 is 0 Å². The number of hydrogen-bond donors (Lipinski definition) is 1. The summed E-state index contributed by atoms with van der Waals surface area (Å²) in [6, 6.07) is 7.66. The summed E-state index contributed by atoms with van der Waals surface area (Å²) in [6.45, 7) is 5.64. The number of hydrogen-bond acceptors (Lipinski definition) is 2. The summed E-state index contributed by atoms with van der Waals surface area (Å²) in [4.78, 5) is 2.68. The van der Waals surface area contributed by atoms with Crippen LogP contribution in [0.1, 0.15) is 50.2 Å². The standard InChI is InChI=1S/C17H26N2/c1-2-19(15-8-4-3-5-9-15)17-10-6-7-14-13-18-12-11-16(14)17/h6-7,10,15,18H,2-5,8-9,11-13H2,1H3. The Balaban J connectivity index is 1.90. The van der Waals surface area contributed by atoms with E-state index in [0.717, 1.165) is 25.7 Å². The van der Waals surface area contributed by atoms with Crippen molar-refractivity contribution in [1.82, 2.24) is 5.32 Å². The number of nitrogens with zero attached hydrogens (tertiary/aromatic N) is 1. The Morgan fingerprint density at radius 2 is 2.05 bits per heavy atom. The van der Waals surface area contributed by atoms with E-state index in [1.54, 1.807) is 5.56 Å². The number of rotatable bonds is 3. The minimum Gasteiger partial charge on any atom is -0.369 e. The van der Waals surface area contributed by atoms with Gasteiger partial charge in [0.1, 0.15) is 0 Å². The van der Waals surface area contributed by atoms with Gasteiger partial charge in [-0.05, 0) is 49.9 Å². The highest BCUT2D eigenvalue weighted by Crippen LogP contribution is 2.32. The van der Waals surface area contributed by atoms with Crippen LogP contribution >= 0.6 is 0 Å². The van der Waals surface area contributed by atoms with Crippen molar-refractivity contribution in [2.24, 2.45) is 0 Å².